The predicted molar refractivity (Wildman–Crippen MR) is 189 cm³/mol. The van der Waals surface area contributed by atoms with Gasteiger partial charge in [-0.1, -0.05) is 6.92 Å². The average Bonchev–Trinajstić information content (AvgIpc) is 3.93. The molecule has 0 aromatic carbocycles. The van der Waals surface area contributed by atoms with E-state index in [4.69, 9.17) is 19.4 Å². The molecule has 280 valence electrons. The number of hydrogen-bond donors (Lipinski definition) is 1. The van der Waals surface area contributed by atoms with Crippen molar-refractivity contribution in [2.45, 2.75) is 131 Å². The highest BCUT2D eigenvalue weighted by molar-refractivity contribution is 5.80. The van der Waals surface area contributed by atoms with Gasteiger partial charge in [0, 0.05) is 13.8 Å². The Labute approximate surface area is 296 Å². The minimum atomic E-state index is -0.833. The molecule has 0 aliphatic heterocycles. The quantitative estimate of drug-likeness (QED) is 0.173. The first-order valence-electron chi connectivity index (χ1n) is 19.5. The summed E-state index contributed by atoms with van der Waals surface area (Å²) in [4.78, 5) is 41.8. The third-order valence-electron chi connectivity index (χ3n) is 14.6. The number of carbonyl (C=O) groups excluding carboxylic acids is 3. The Morgan fingerprint density at radius 1 is 0.551 bits per heavy atom. The number of fused-ring (bicyclic) bond motifs is 18. The lowest BCUT2D eigenvalue weighted by Crippen LogP contribution is -2.37. The molecule has 1 N–H and O–H groups in total. The number of rotatable bonds is 5. The highest BCUT2D eigenvalue weighted by Crippen LogP contribution is 2.68. The fraction of sp³-hybridized carbons (Fsp3) is 0.902. The Morgan fingerprint density at radius 2 is 0.796 bits per heavy atom. The molecule has 8 aliphatic rings. The zero-order chi connectivity index (χ0) is 36.3. The van der Waals surface area contributed by atoms with E-state index < -0.39 is 16.8 Å². The zero-order valence-corrected chi connectivity index (χ0v) is 32.1. The lowest BCUT2D eigenvalue weighted by Gasteiger charge is -2.34. The Kier molecular flexibility index (Phi) is 13.3. The third kappa shape index (κ3) is 8.68. The van der Waals surface area contributed by atoms with Gasteiger partial charge < -0.3 is 19.3 Å². The van der Waals surface area contributed by atoms with Crippen LogP contribution in [0.1, 0.15) is 131 Å². The van der Waals surface area contributed by atoms with E-state index in [0.717, 1.165) is 6.92 Å². The van der Waals surface area contributed by atoms with Crippen molar-refractivity contribution >= 4 is 23.9 Å². The molecule has 49 heavy (non-hydrogen) atoms. The molecule has 8 saturated carbocycles. The summed E-state index contributed by atoms with van der Waals surface area (Å²) in [5.74, 6) is 12.9. The van der Waals surface area contributed by atoms with Gasteiger partial charge in [0.2, 0.25) is 0 Å². The van der Waals surface area contributed by atoms with Gasteiger partial charge in [0.1, 0.15) is 0 Å². The van der Waals surface area contributed by atoms with Gasteiger partial charge in [0.15, 0.2) is 0 Å². The van der Waals surface area contributed by atoms with E-state index >= 15 is 0 Å². The summed E-state index contributed by atoms with van der Waals surface area (Å²) in [6, 6.07) is 0. The van der Waals surface area contributed by atoms with Crippen molar-refractivity contribution in [2.24, 2.45) is 81.8 Å². The van der Waals surface area contributed by atoms with E-state index in [1.54, 1.807) is 90.9 Å². The number of aliphatic carboxylic acids is 1. The fourth-order valence-electron chi connectivity index (χ4n) is 13.0. The van der Waals surface area contributed by atoms with Crippen LogP contribution in [0.15, 0.2) is 0 Å². The third-order valence-corrected chi connectivity index (χ3v) is 14.6. The van der Waals surface area contributed by atoms with Crippen molar-refractivity contribution in [3.63, 3.8) is 0 Å². The van der Waals surface area contributed by atoms with E-state index in [2.05, 4.69) is 4.74 Å². The van der Waals surface area contributed by atoms with Gasteiger partial charge in [-0.3, -0.25) is 19.2 Å². The summed E-state index contributed by atoms with van der Waals surface area (Å²) in [5.41, 5.74) is -1.33. The molecule has 8 bridgehead atoms. The molecule has 9 atom stereocenters. The van der Waals surface area contributed by atoms with Gasteiger partial charge in [-0.05, 0) is 182 Å². The van der Waals surface area contributed by atoms with Crippen LogP contribution in [0.2, 0.25) is 0 Å². The highest BCUT2D eigenvalue weighted by Gasteiger charge is 2.60. The monoisotopic (exact) mass is 688 g/mol. The van der Waals surface area contributed by atoms with Gasteiger partial charge >= 0.3 is 17.9 Å². The molecule has 8 aliphatic carbocycles. The number of carboxylic acid groups (broad SMARTS) is 1. The maximum Gasteiger partial charge on any atom is 0.311 e. The van der Waals surface area contributed by atoms with Crippen molar-refractivity contribution in [1.82, 2.24) is 0 Å². The van der Waals surface area contributed by atoms with E-state index in [1.807, 2.05) is 13.8 Å². The Balaban J connectivity index is 0.000000148. The van der Waals surface area contributed by atoms with Crippen LogP contribution in [0, 0.1) is 81.8 Å². The Bertz CT molecular complexity index is 1020. The molecule has 8 fully saturated rings. The summed E-state index contributed by atoms with van der Waals surface area (Å²) >= 11 is 0. The van der Waals surface area contributed by atoms with Gasteiger partial charge in [-0.25, -0.2) is 0 Å². The lowest BCUT2D eigenvalue weighted by molar-refractivity contribution is -0.159. The lowest BCUT2D eigenvalue weighted by atomic mass is 9.71. The summed E-state index contributed by atoms with van der Waals surface area (Å²) in [6.07, 6.45) is 20.5. The number of hydrogen-bond acceptors (Lipinski definition) is 7. The van der Waals surface area contributed by atoms with Crippen molar-refractivity contribution in [1.29, 1.82) is 0 Å². The zero-order valence-electron chi connectivity index (χ0n) is 32.1. The molecule has 0 saturated heterocycles. The van der Waals surface area contributed by atoms with Crippen molar-refractivity contribution in [3.05, 3.63) is 0 Å². The maximum absolute atomic E-state index is 11.7. The smallest absolute Gasteiger partial charge is 0.311 e. The van der Waals surface area contributed by atoms with Crippen molar-refractivity contribution in [2.75, 3.05) is 21.3 Å². The standard InChI is InChI=1S/C12H22O4.2C12H18.C3H6O2.C2H4O2/c1-7-12(4,10(14)16-6)8-11(2,3)9(13)15-5;2*1-2-8-5-7(1)11-9-3-4-10(6-9)12(8)11;1-3(4)5-2;1-2(3)4/h7-8H2,1-6H3;2*7-12H,1-6H2;1-2H3;1H3,(H,3,4). The van der Waals surface area contributed by atoms with Crippen LogP contribution in [0.25, 0.3) is 0 Å². The predicted octanol–water partition coefficient (Wildman–Crippen LogP) is 8.59. The van der Waals surface area contributed by atoms with Crippen LogP contribution in [0.3, 0.4) is 0 Å². The van der Waals surface area contributed by atoms with Crippen LogP contribution in [0.4, 0.5) is 0 Å². The van der Waals surface area contributed by atoms with Gasteiger partial charge in [0.05, 0.1) is 32.2 Å². The molecule has 0 radical (unpaired) electrons. The molecule has 0 aromatic rings. The fourth-order valence-corrected chi connectivity index (χ4v) is 13.0. The molecule has 8 heteroatoms. The minimum Gasteiger partial charge on any atom is -0.481 e. The SMILES string of the molecule is C1CC2CC1C1C3CCC(C3)C21.C1CC2CC1C1C3CCC(C3)C21.CC(=O)O.CCC(C)(CC(C)(C)C(=O)OC)C(=O)OC.COC(C)=O. The van der Waals surface area contributed by atoms with E-state index in [9.17, 15) is 14.4 Å². The van der Waals surface area contributed by atoms with E-state index in [0.29, 0.717) is 12.8 Å². The number of ether oxygens (including phenoxy) is 3. The molecule has 0 aromatic heterocycles. The molecule has 8 nitrogen and oxygen atoms in total. The van der Waals surface area contributed by atoms with E-state index in [-0.39, 0.29) is 17.9 Å². The summed E-state index contributed by atoms with van der Waals surface area (Å²) in [7, 11) is 4.06. The summed E-state index contributed by atoms with van der Waals surface area (Å²) in [6.45, 7) is 9.71. The number of carbonyl (C=O) groups is 4. The van der Waals surface area contributed by atoms with Crippen LogP contribution in [0.5, 0.6) is 0 Å². The first kappa shape index (κ1) is 39.7. The second kappa shape index (κ2) is 16.5. The highest BCUT2D eigenvalue weighted by atomic mass is 16.5. The average molecular weight is 689 g/mol. The first-order chi connectivity index (χ1) is 23.1. The van der Waals surface area contributed by atoms with Gasteiger partial charge in [-0.2, -0.15) is 0 Å². The van der Waals surface area contributed by atoms with E-state index in [1.165, 1.54) is 99.3 Å². The first-order valence-corrected chi connectivity index (χ1v) is 19.5. The molecular weight excluding hydrogens is 620 g/mol. The molecule has 0 spiro atoms. The molecule has 8 rings (SSSR count). The van der Waals surface area contributed by atoms with Crippen molar-refractivity contribution in [3.8, 4) is 0 Å². The van der Waals surface area contributed by atoms with Crippen LogP contribution < -0.4 is 0 Å². The van der Waals surface area contributed by atoms with Crippen LogP contribution in [-0.2, 0) is 33.4 Å². The second-order valence-electron chi connectivity index (χ2n) is 17.8. The number of methoxy groups -OCH3 is 3. The Morgan fingerprint density at radius 3 is 0.980 bits per heavy atom. The maximum atomic E-state index is 11.7. The molecule has 0 amide bonds. The largest absolute Gasteiger partial charge is 0.481 e. The number of esters is 3. The van der Waals surface area contributed by atoms with Gasteiger partial charge in [-0.15, -0.1) is 0 Å². The topological polar surface area (TPSA) is 116 Å². The second-order valence-corrected chi connectivity index (χ2v) is 17.8. The summed E-state index contributed by atoms with van der Waals surface area (Å²) in [5, 5.41) is 7.42. The molecule has 0 heterocycles. The Hall–Kier alpha value is -2.12. The molecular formula is C41H68O8. The van der Waals surface area contributed by atoms with Crippen LogP contribution in [-0.4, -0.2) is 50.3 Å². The number of carboxylic acids is 1. The minimum absolute atomic E-state index is 0.245. The van der Waals surface area contributed by atoms with Gasteiger partial charge in [0.25, 0.3) is 5.97 Å². The van der Waals surface area contributed by atoms with Crippen molar-refractivity contribution < 1.29 is 38.5 Å². The molecule has 9 unspecified atom stereocenters. The van der Waals surface area contributed by atoms with Crippen LogP contribution >= 0.6 is 0 Å². The summed E-state index contributed by atoms with van der Waals surface area (Å²) < 4.78 is 13.6. The normalized spacial score (nSPS) is 38.5.